The molecular weight excluding hydrogens is 230 g/mol. The molecule has 0 saturated carbocycles. The molecule has 0 spiro atoms. The molecule has 0 fully saturated rings. The molecule has 0 aliphatic rings. The summed E-state index contributed by atoms with van der Waals surface area (Å²) in [5, 5.41) is 13.1. The quantitative estimate of drug-likeness (QED) is 0.517. The van der Waals surface area contributed by atoms with Crippen molar-refractivity contribution in [2.75, 3.05) is 14.2 Å². The van der Waals surface area contributed by atoms with Crippen molar-refractivity contribution in [3.8, 4) is 0 Å². The zero-order chi connectivity index (χ0) is 14.3. The Bertz CT molecular complexity index is 248. The number of nitrogens with one attached hydrogen (secondary N) is 1. The topological polar surface area (TPSA) is 50.7 Å². The van der Waals surface area contributed by atoms with Crippen LogP contribution in [0.2, 0.25) is 0 Å². The number of hydrogen-bond acceptors (Lipinski definition) is 4. The second-order valence-corrected chi connectivity index (χ2v) is 5.47. The Morgan fingerprint density at radius 3 is 2.28 bits per heavy atom. The molecule has 108 valence electrons. The van der Waals surface area contributed by atoms with E-state index >= 15 is 0 Å². The molecule has 4 heteroatoms. The molecule has 1 unspecified atom stereocenters. The molecule has 0 aromatic rings. The zero-order valence-electron chi connectivity index (χ0n) is 12.6. The van der Waals surface area contributed by atoms with E-state index in [9.17, 15) is 5.11 Å². The summed E-state index contributed by atoms with van der Waals surface area (Å²) in [6.07, 6.45) is 0.301. The Hall–Kier alpha value is -0.420. The lowest BCUT2D eigenvalue weighted by Crippen LogP contribution is -2.43. The van der Waals surface area contributed by atoms with E-state index in [1.807, 2.05) is 27.8 Å². The Labute approximate surface area is 111 Å². The van der Waals surface area contributed by atoms with Crippen molar-refractivity contribution in [2.24, 2.45) is 0 Å². The first-order valence-electron chi connectivity index (χ1n) is 6.48. The highest BCUT2D eigenvalue weighted by molar-refractivity contribution is 5.07. The van der Waals surface area contributed by atoms with Gasteiger partial charge in [0.2, 0.25) is 0 Å². The average molecular weight is 259 g/mol. The summed E-state index contributed by atoms with van der Waals surface area (Å²) < 4.78 is 10.9. The van der Waals surface area contributed by atoms with Crippen molar-refractivity contribution in [1.82, 2.24) is 5.32 Å². The number of methoxy groups -OCH3 is 1. The highest BCUT2D eigenvalue weighted by atomic mass is 16.6. The first-order chi connectivity index (χ1) is 8.25. The molecule has 0 bridgehead atoms. The van der Waals surface area contributed by atoms with Crippen molar-refractivity contribution in [3.05, 3.63) is 12.2 Å². The lowest BCUT2D eigenvalue weighted by atomic mass is 9.98. The van der Waals surface area contributed by atoms with E-state index in [2.05, 4.69) is 18.8 Å². The minimum Gasteiger partial charge on any atom is -0.379 e. The molecule has 0 aliphatic carbocycles. The molecular formula is C14H29NO3. The van der Waals surface area contributed by atoms with Gasteiger partial charge in [0, 0.05) is 13.5 Å². The van der Waals surface area contributed by atoms with E-state index in [1.165, 1.54) is 0 Å². The van der Waals surface area contributed by atoms with E-state index in [1.54, 1.807) is 7.11 Å². The smallest absolute Gasteiger partial charge is 0.157 e. The standard InChI is InChI=1S/C14H29NO3/c1-8-10(2)13(15-6)11(17-7)9-12(16)18-14(3,4)5/h11-13,15-16H,2,8-9H2,1,3-7H3/t11-,12?,13+/m1/s1. The number of aliphatic hydroxyl groups is 1. The molecule has 0 heterocycles. The van der Waals surface area contributed by atoms with Gasteiger partial charge in [0.15, 0.2) is 6.29 Å². The van der Waals surface area contributed by atoms with Gasteiger partial charge in [-0.1, -0.05) is 19.1 Å². The number of rotatable bonds is 8. The van der Waals surface area contributed by atoms with Gasteiger partial charge in [-0.05, 0) is 34.2 Å². The van der Waals surface area contributed by atoms with Crippen molar-refractivity contribution in [3.63, 3.8) is 0 Å². The summed E-state index contributed by atoms with van der Waals surface area (Å²) in [4.78, 5) is 0. The summed E-state index contributed by atoms with van der Waals surface area (Å²) >= 11 is 0. The Kier molecular flexibility index (Phi) is 7.71. The molecule has 0 aromatic heterocycles. The van der Waals surface area contributed by atoms with Crippen molar-refractivity contribution in [2.45, 2.75) is 64.6 Å². The van der Waals surface area contributed by atoms with Crippen LogP contribution < -0.4 is 5.32 Å². The normalized spacial score (nSPS) is 17.3. The van der Waals surface area contributed by atoms with E-state index < -0.39 is 6.29 Å². The van der Waals surface area contributed by atoms with Gasteiger partial charge >= 0.3 is 0 Å². The van der Waals surface area contributed by atoms with Gasteiger partial charge in [-0.25, -0.2) is 0 Å². The first kappa shape index (κ1) is 17.6. The minimum atomic E-state index is -0.838. The molecule has 0 aliphatic heterocycles. The van der Waals surface area contributed by atoms with Crippen molar-refractivity contribution < 1.29 is 14.6 Å². The first-order valence-corrected chi connectivity index (χ1v) is 6.48. The SMILES string of the molecule is C=C(CC)[C@H](NC)[C@@H](CC(O)OC(C)(C)C)OC. The Morgan fingerprint density at radius 1 is 1.39 bits per heavy atom. The average Bonchev–Trinajstić information content (AvgIpc) is 2.25. The maximum atomic E-state index is 9.93. The van der Waals surface area contributed by atoms with Crippen molar-refractivity contribution >= 4 is 0 Å². The largest absolute Gasteiger partial charge is 0.379 e. The number of ether oxygens (including phenoxy) is 2. The fourth-order valence-electron chi connectivity index (χ4n) is 1.90. The predicted molar refractivity (Wildman–Crippen MR) is 74.5 cm³/mol. The molecule has 2 N–H and O–H groups in total. The molecule has 18 heavy (non-hydrogen) atoms. The number of hydrogen-bond donors (Lipinski definition) is 2. The van der Waals surface area contributed by atoms with Crippen LogP contribution in [0.3, 0.4) is 0 Å². The van der Waals surface area contributed by atoms with Gasteiger partial charge in [0.1, 0.15) is 0 Å². The van der Waals surface area contributed by atoms with Crippen LogP contribution in [-0.2, 0) is 9.47 Å². The highest BCUT2D eigenvalue weighted by Crippen LogP contribution is 2.18. The summed E-state index contributed by atoms with van der Waals surface area (Å²) in [6.45, 7) is 11.8. The summed E-state index contributed by atoms with van der Waals surface area (Å²) in [6, 6.07) is 0.0261. The maximum absolute atomic E-state index is 9.93. The van der Waals surface area contributed by atoms with Crippen LogP contribution in [-0.4, -0.2) is 43.3 Å². The maximum Gasteiger partial charge on any atom is 0.157 e. The van der Waals surface area contributed by atoms with Crippen LogP contribution in [0.25, 0.3) is 0 Å². The minimum absolute atomic E-state index is 0.0261. The molecule has 0 aromatic carbocycles. The Morgan fingerprint density at radius 2 is 1.94 bits per heavy atom. The number of aliphatic hydroxyl groups excluding tert-OH is 1. The molecule has 0 saturated heterocycles. The molecule has 4 nitrogen and oxygen atoms in total. The van der Waals surface area contributed by atoms with Crippen LogP contribution in [0.5, 0.6) is 0 Å². The second kappa shape index (κ2) is 7.89. The number of likely N-dealkylation sites (N-methyl/N-ethyl adjacent to an activating group) is 1. The van der Waals surface area contributed by atoms with Gasteiger partial charge < -0.3 is 19.9 Å². The van der Waals surface area contributed by atoms with E-state index in [0.717, 1.165) is 12.0 Å². The lowest BCUT2D eigenvalue weighted by Gasteiger charge is -2.31. The monoisotopic (exact) mass is 259 g/mol. The Balaban J connectivity index is 4.53. The molecule has 3 atom stereocenters. The van der Waals surface area contributed by atoms with Gasteiger partial charge in [0.05, 0.1) is 17.7 Å². The van der Waals surface area contributed by atoms with E-state index in [-0.39, 0.29) is 17.7 Å². The van der Waals surface area contributed by atoms with Crippen LogP contribution >= 0.6 is 0 Å². The van der Waals surface area contributed by atoms with Gasteiger partial charge in [-0.2, -0.15) is 0 Å². The fraction of sp³-hybridized carbons (Fsp3) is 0.857. The molecule has 0 radical (unpaired) electrons. The third kappa shape index (κ3) is 6.50. The third-order valence-corrected chi connectivity index (χ3v) is 2.80. The van der Waals surface area contributed by atoms with Crippen LogP contribution in [0.4, 0.5) is 0 Å². The van der Waals surface area contributed by atoms with Gasteiger partial charge in [-0.15, -0.1) is 0 Å². The molecule has 0 rings (SSSR count). The van der Waals surface area contributed by atoms with Crippen molar-refractivity contribution in [1.29, 1.82) is 0 Å². The summed E-state index contributed by atoms with van der Waals surface area (Å²) in [5.41, 5.74) is 0.696. The van der Waals surface area contributed by atoms with E-state index in [0.29, 0.717) is 6.42 Å². The zero-order valence-corrected chi connectivity index (χ0v) is 12.6. The summed E-state index contributed by atoms with van der Waals surface area (Å²) in [7, 11) is 3.51. The van der Waals surface area contributed by atoms with Gasteiger partial charge in [-0.3, -0.25) is 0 Å². The fourth-order valence-corrected chi connectivity index (χ4v) is 1.90. The third-order valence-electron chi connectivity index (χ3n) is 2.80. The summed E-state index contributed by atoms with van der Waals surface area (Å²) in [5.74, 6) is 0. The van der Waals surface area contributed by atoms with Crippen LogP contribution in [0.15, 0.2) is 12.2 Å². The predicted octanol–water partition coefficient (Wildman–Crippen LogP) is 2.08. The van der Waals surface area contributed by atoms with Crippen LogP contribution in [0.1, 0.15) is 40.5 Å². The van der Waals surface area contributed by atoms with E-state index in [4.69, 9.17) is 9.47 Å². The molecule has 0 amide bonds. The van der Waals surface area contributed by atoms with Crippen LogP contribution in [0, 0.1) is 0 Å². The highest BCUT2D eigenvalue weighted by Gasteiger charge is 2.26. The van der Waals surface area contributed by atoms with Gasteiger partial charge in [0.25, 0.3) is 0 Å². The lowest BCUT2D eigenvalue weighted by molar-refractivity contribution is -0.181. The second-order valence-electron chi connectivity index (χ2n) is 5.47.